The van der Waals surface area contributed by atoms with Gasteiger partial charge in [0.05, 0.1) is 25.5 Å². The van der Waals surface area contributed by atoms with Gasteiger partial charge in [0.25, 0.3) is 5.91 Å². The van der Waals surface area contributed by atoms with Crippen molar-refractivity contribution in [2.45, 2.75) is 33.7 Å². The first-order valence-electron chi connectivity index (χ1n) is 9.64. The van der Waals surface area contributed by atoms with Crippen LogP contribution < -0.4 is 11.1 Å². The first-order chi connectivity index (χ1) is 14.5. The molecule has 30 heavy (non-hydrogen) atoms. The van der Waals surface area contributed by atoms with Crippen molar-refractivity contribution >= 4 is 23.3 Å². The molecule has 0 bridgehead atoms. The molecule has 8 nitrogen and oxygen atoms in total. The van der Waals surface area contributed by atoms with Crippen LogP contribution in [-0.2, 0) is 4.74 Å². The summed E-state index contributed by atoms with van der Waals surface area (Å²) in [6.45, 7) is 15.6. The SMILES string of the molecule is C=CCOC(=O)N(CC=C)CC(N)c1csc(C(=O)NCCO)n1.CC.CC.CF. The van der Waals surface area contributed by atoms with Crippen LogP contribution >= 0.6 is 11.3 Å². The smallest absolute Gasteiger partial charge is 0.410 e. The van der Waals surface area contributed by atoms with Crippen molar-refractivity contribution < 1.29 is 23.8 Å². The van der Waals surface area contributed by atoms with Crippen LogP contribution in [0.2, 0.25) is 0 Å². The third kappa shape index (κ3) is 13.8. The summed E-state index contributed by atoms with van der Waals surface area (Å²) in [4.78, 5) is 29.3. The van der Waals surface area contributed by atoms with Gasteiger partial charge in [-0.25, -0.2) is 9.78 Å². The van der Waals surface area contributed by atoms with E-state index in [0.717, 1.165) is 11.3 Å². The van der Waals surface area contributed by atoms with E-state index >= 15 is 0 Å². The second-order valence-electron chi connectivity index (χ2n) is 4.72. The molecule has 1 aromatic rings. The van der Waals surface area contributed by atoms with Gasteiger partial charge in [-0.1, -0.05) is 46.4 Å². The summed E-state index contributed by atoms with van der Waals surface area (Å²) in [7, 11) is 0.500. The molecule has 1 heterocycles. The maximum Gasteiger partial charge on any atom is 0.410 e. The summed E-state index contributed by atoms with van der Waals surface area (Å²) in [5.41, 5.74) is 6.57. The van der Waals surface area contributed by atoms with Gasteiger partial charge < -0.3 is 25.8 Å². The quantitative estimate of drug-likeness (QED) is 0.473. The highest BCUT2D eigenvalue weighted by Gasteiger charge is 2.21. The number of nitrogens with zero attached hydrogens (tertiary/aromatic N) is 2. The van der Waals surface area contributed by atoms with Crippen LogP contribution in [0.5, 0.6) is 0 Å². The number of nitrogens with two attached hydrogens (primary N) is 1. The van der Waals surface area contributed by atoms with Gasteiger partial charge in [-0.05, 0) is 0 Å². The van der Waals surface area contributed by atoms with E-state index < -0.39 is 12.1 Å². The van der Waals surface area contributed by atoms with Gasteiger partial charge in [0, 0.05) is 25.0 Å². The number of hydrogen-bond donors (Lipinski definition) is 3. The van der Waals surface area contributed by atoms with Crippen molar-refractivity contribution in [3.63, 3.8) is 0 Å². The zero-order valence-electron chi connectivity index (χ0n) is 18.7. The first kappa shape index (κ1) is 32.4. The molecule has 0 saturated carbocycles. The topological polar surface area (TPSA) is 118 Å². The second kappa shape index (κ2) is 23.0. The summed E-state index contributed by atoms with van der Waals surface area (Å²) in [5.74, 6) is -0.374. The molecule has 1 rings (SSSR count). The molecule has 174 valence electrons. The normalized spacial score (nSPS) is 9.73. The highest BCUT2D eigenvalue weighted by molar-refractivity contribution is 7.11. The molecule has 4 N–H and O–H groups in total. The third-order valence-corrected chi connectivity index (χ3v) is 3.70. The first-order valence-corrected chi connectivity index (χ1v) is 10.5. The number of halogens is 1. The Morgan fingerprint density at radius 1 is 1.33 bits per heavy atom. The molecule has 1 unspecified atom stereocenters. The van der Waals surface area contributed by atoms with Crippen molar-refractivity contribution in [3.8, 4) is 0 Å². The maximum atomic E-state index is 11.9. The van der Waals surface area contributed by atoms with E-state index in [0.29, 0.717) is 12.9 Å². The Labute approximate surface area is 183 Å². The standard InChI is InChI=1S/C15H22N4O4S.2C2H6.CH3F/c1-3-6-19(15(22)23-8-4-2)9-11(16)12-10-24-14(18-12)13(21)17-5-7-20;3*1-2/h3-4,10-11,20H,1-2,5-9,16H2,(H,17,21);2*1-2H3;1H3. The minimum Gasteiger partial charge on any atom is -0.445 e. The summed E-state index contributed by atoms with van der Waals surface area (Å²) >= 11 is 1.15. The van der Waals surface area contributed by atoms with Gasteiger partial charge >= 0.3 is 6.09 Å². The molecule has 0 aliphatic carbocycles. The van der Waals surface area contributed by atoms with E-state index in [1.165, 1.54) is 11.0 Å². The van der Waals surface area contributed by atoms with Crippen molar-refractivity contribution in [1.82, 2.24) is 15.2 Å². The molecule has 0 radical (unpaired) electrons. The molecule has 1 atom stereocenters. The monoisotopic (exact) mass is 448 g/mol. The largest absolute Gasteiger partial charge is 0.445 e. The predicted molar refractivity (Wildman–Crippen MR) is 122 cm³/mol. The number of hydrogen-bond acceptors (Lipinski definition) is 7. The van der Waals surface area contributed by atoms with Gasteiger partial charge in [0.2, 0.25) is 0 Å². The Morgan fingerprint density at radius 3 is 2.43 bits per heavy atom. The highest BCUT2D eigenvalue weighted by atomic mass is 32.1. The fourth-order valence-electron chi connectivity index (χ4n) is 1.74. The number of carbonyl (C=O) groups is 2. The summed E-state index contributed by atoms with van der Waals surface area (Å²) in [6.07, 6.45) is 2.51. The predicted octanol–water partition coefficient (Wildman–Crippen LogP) is 3.31. The van der Waals surface area contributed by atoms with Crippen molar-refractivity contribution in [2.75, 3.05) is 40.0 Å². The molecule has 1 aromatic heterocycles. The van der Waals surface area contributed by atoms with Crippen molar-refractivity contribution in [1.29, 1.82) is 0 Å². The number of ether oxygens (including phenoxy) is 1. The second-order valence-corrected chi connectivity index (χ2v) is 5.58. The van der Waals surface area contributed by atoms with E-state index in [9.17, 15) is 14.0 Å². The fourth-order valence-corrected chi connectivity index (χ4v) is 2.53. The van der Waals surface area contributed by atoms with Gasteiger partial charge in [-0.2, -0.15) is 0 Å². The number of nitrogens with one attached hydrogen (secondary N) is 1. The average molecular weight is 449 g/mol. The zero-order chi connectivity index (χ0) is 23.9. The number of carbonyl (C=O) groups excluding carboxylic acids is 2. The number of aliphatic hydroxyl groups excluding tert-OH is 1. The lowest BCUT2D eigenvalue weighted by Gasteiger charge is -2.23. The molecule has 0 aromatic carbocycles. The van der Waals surface area contributed by atoms with Crippen LogP contribution in [-0.4, -0.2) is 67.0 Å². The van der Waals surface area contributed by atoms with Crippen LogP contribution in [0.4, 0.5) is 9.18 Å². The third-order valence-electron chi connectivity index (χ3n) is 2.84. The van der Waals surface area contributed by atoms with E-state index in [1.54, 1.807) is 11.5 Å². The van der Waals surface area contributed by atoms with Crippen molar-refractivity contribution in [2.24, 2.45) is 5.73 Å². The minimum absolute atomic E-state index is 0.105. The van der Waals surface area contributed by atoms with E-state index in [4.69, 9.17) is 15.6 Å². The number of alkyl halides is 1. The Kier molecular flexibility index (Phi) is 24.8. The van der Waals surface area contributed by atoms with Crippen LogP contribution in [0.25, 0.3) is 0 Å². The van der Waals surface area contributed by atoms with Gasteiger partial charge in [0.15, 0.2) is 5.01 Å². The average Bonchev–Trinajstić information content (AvgIpc) is 3.30. The fraction of sp³-hybridized carbons (Fsp3) is 0.550. The number of aromatic nitrogens is 1. The lowest BCUT2D eigenvalue weighted by Crippen LogP contribution is -2.38. The molecule has 0 spiro atoms. The molecular weight excluding hydrogens is 411 g/mol. The molecule has 10 heteroatoms. The minimum atomic E-state index is -0.572. The van der Waals surface area contributed by atoms with E-state index in [2.05, 4.69) is 23.5 Å². The number of amides is 2. The molecule has 0 fully saturated rings. The van der Waals surface area contributed by atoms with Gasteiger partial charge in [-0.3, -0.25) is 9.18 Å². The van der Waals surface area contributed by atoms with E-state index in [1.807, 2.05) is 27.7 Å². The van der Waals surface area contributed by atoms with Gasteiger partial charge in [-0.15, -0.1) is 17.9 Å². The lowest BCUT2D eigenvalue weighted by atomic mass is 10.2. The lowest BCUT2D eigenvalue weighted by molar-refractivity contribution is 0.0943. The van der Waals surface area contributed by atoms with Crippen LogP contribution in [0.1, 0.15) is 49.2 Å². The molecule has 0 aliphatic rings. The molecular formula is C20H37FN4O4S. The number of rotatable bonds is 10. The Morgan fingerprint density at radius 2 is 1.93 bits per heavy atom. The molecule has 0 aliphatic heterocycles. The maximum absolute atomic E-state index is 11.9. The Balaban J connectivity index is -0.00000111. The zero-order valence-corrected chi connectivity index (χ0v) is 19.5. The highest BCUT2D eigenvalue weighted by Crippen LogP contribution is 2.16. The van der Waals surface area contributed by atoms with Crippen LogP contribution in [0.3, 0.4) is 0 Å². The number of aliphatic hydroxyl groups is 1. The Bertz CT molecular complexity index is 585. The van der Waals surface area contributed by atoms with Crippen LogP contribution in [0.15, 0.2) is 30.7 Å². The molecule has 0 saturated heterocycles. The summed E-state index contributed by atoms with van der Waals surface area (Å²) in [6, 6.07) is -0.572. The summed E-state index contributed by atoms with van der Waals surface area (Å²) < 4.78 is 14.5. The van der Waals surface area contributed by atoms with Crippen molar-refractivity contribution in [3.05, 3.63) is 41.4 Å². The van der Waals surface area contributed by atoms with Gasteiger partial charge in [0.1, 0.15) is 6.61 Å². The van der Waals surface area contributed by atoms with E-state index in [-0.39, 0.29) is 43.8 Å². The molecule has 2 amide bonds. The van der Waals surface area contributed by atoms with Crippen LogP contribution in [0, 0.1) is 0 Å². The Hall–Kier alpha value is -2.30. The summed E-state index contributed by atoms with van der Waals surface area (Å²) in [5, 5.41) is 13.1. The number of thiazole rings is 1.